The Morgan fingerprint density at radius 1 is 1.24 bits per heavy atom. The smallest absolute Gasteiger partial charge is 0.279 e. The highest BCUT2D eigenvalue weighted by atomic mass is 28.4. The minimum Gasteiger partial charge on any atom is -0.456 e. The SMILES string of the molecule is C=CC[C@H](O)[C@H]1OC(=C2CCCCC2)O[C@H]1CO[Si](C)(C)C(C)(C)C. The number of allylic oxidation sites excluding steroid dienone is 1. The Hall–Kier alpha value is -0.783. The first kappa shape index (κ1) is 20.5. The van der Waals surface area contributed by atoms with Gasteiger partial charge >= 0.3 is 0 Å². The Kier molecular flexibility index (Phi) is 6.79. The molecule has 0 aromatic heterocycles. The van der Waals surface area contributed by atoms with Gasteiger partial charge in [0.05, 0.1) is 12.7 Å². The first-order valence-electron chi connectivity index (χ1n) is 9.64. The van der Waals surface area contributed by atoms with Crippen molar-refractivity contribution < 1.29 is 19.0 Å². The van der Waals surface area contributed by atoms with E-state index >= 15 is 0 Å². The predicted molar refractivity (Wildman–Crippen MR) is 104 cm³/mol. The zero-order chi connectivity index (χ0) is 18.7. The summed E-state index contributed by atoms with van der Waals surface area (Å²) < 4.78 is 18.6. The highest BCUT2D eigenvalue weighted by molar-refractivity contribution is 6.74. The van der Waals surface area contributed by atoms with Crippen molar-refractivity contribution in [3.05, 3.63) is 24.2 Å². The third-order valence-electron chi connectivity index (χ3n) is 5.82. The molecule has 2 fully saturated rings. The van der Waals surface area contributed by atoms with E-state index in [0.717, 1.165) is 12.8 Å². The van der Waals surface area contributed by atoms with Gasteiger partial charge in [0.15, 0.2) is 20.5 Å². The number of hydrogen-bond acceptors (Lipinski definition) is 4. The third kappa shape index (κ3) is 5.11. The van der Waals surface area contributed by atoms with Crippen LogP contribution in [0.2, 0.25) is 18.1 Å². The number of aliphatic hydroxyl groups excluding tert-OH is 1. The summed E-state index contributed by atoms with van der Waals surface area (Å²) in [6, 6.07) is 0. The number of hydrogen-bond donors (Lipinski definition) is 1. The molecule has 1 heterocycles. The molecule has 1 aliphatic carbocycles. The van der Waals surface area contributed by atoms with Gasteiger partial charge in [-0.15, -0.1) is 6.58 Å². The molecule has 0 aromatic carbocycles. The summed E-state index contributed by atoms with van der Waals surface area (Å²) in [6.07, 6.45) is 6.70. The molecule has 0 bridgehead atoms. The zero-order valence-corrected chi connectivity index (χ0v) is 17.6. The van der Waals surface area contributed by atoms with E-state index in [-0.39, 0.29) is 17.2 Å². The summed E-state index contributed by atoms with van der Waals surface area (Å²) in [4.78, 5) is 0. The Labute approximate surface area is 154 Å². The summed E-state index contributed by atoms with van der Waals surface area (Å²) in [5, 5.41) is 10.6. The van der Waals surface area contributed by atoms with Crippen molar-refractivity contribution in [2.75, 3.05) is 6.61 Å². The largest absolute Gasteiger partial charge is 0.456 e. The van der Waals surface area contributed by atoms with Crippen molar-refractivity contribution in [2.45, 2.75) is 95.7 Å². The van der Waals surface area contributed by atoms with Gasteiger partial charge in [0.2, 0.25) is 0 Å². The van der Waals surface area contributed by atoms with Crippen LogP contribution in [0.1, 0.15) is 59.3 Å². The van der Waals surface area contributed by atoms with E-state index in [0.29, 0.717) is 19.0 Å². The predicted octanol–water partition coefficient (Wildman–Crippen LogP) is 4.90. The molecule has 1 aliphatic heterocycles. The Balaban J connectivity index is 2.10. The van der Waals surface area contributed by atoms with Crippen LogP contribution in [-0.4, -0.2) is 38.3 Å². The molecule has 0 amide bonds. The van der Waals surface area contributed by atoms with Crippen LogP contribution in [0.15, 0.2) is 24.2 Å². The van der Waals surface area contributed by atoms with Gasteiger partial charge < -0.3 is 19.0 Å². The molecule has 3 atom stereocenters. The lowest BCUT2D eigenvalue weighted by molar-refractivity contribution is -0.000120. The molecule has 0 aromatic rings. The minimum absolute atomic E-state index is 0.145. The van der Waals surface area contributed by atoms with Crippen LogP contribution < -0.4 is 0 Å². The first-order chi connectivity index (χ1) is 11.7. The Morgan fingerprint density at radius 2 is 1.88 bits per heavy atom. The Bertz CT molecular complexity index is 484. The molecule has 144 valence electrons. The van der Waals surface area contributed by atoms with Crippen LogP contribution in [-0.2, 0) is 13.9 Å². The quantitative estimate of drug-likeness (QED) is 0.535. The molecule has 5 heteroatoms. The first-order valence-corrected chi connectivity index (χ1v) is 12.5. The lowest BCUT2D eigenvalue weighted by atomic mass is 9.96. The summed E-state index contributed by atoms with van der Waals surface area (Å²) in [5.41, 5.74) is 1.26. The van der Waals surface area contributed by atoms with Gasteiger partial charge in [-0.05, 0) is 50.2 Å². The van der Waals surface area contributed by atoms with Crippen molar-refractivity contribution in [1.82, 2.24) is 0 Å². The maximum atomic E-state index is 10.5. The average Bonchev–Trinajstić information content (AvgIpc) is 2.97. The second kappa shape index (κ2) is 8.27. The second-order valence-corrected chi connectivity index (χ2v) is 13.7. The van der Waals surface area contributed by atoms with Gasteiger partial charge in [-0.2, -0.15) is 0 Å². The number of rotatable bonds is 6. The van der Waals surface area contributed by atoms with E-state index in [4.69, 9.17) is 13.9 Å². The monoisotopic (exact) mass is 368 g/mol. The molecular weight excluding hydrogens is 332 g/mol. The average molecular weight is 369 g/mol. The van der Waals surface area contributed by atoms with E-state index in [1.807, 2.05) is 0 Å². The number of ether oxygens (including phenoxy) is 2. The molecule has 25 heavy (non-hydrogen) atoms. The topological polar surface area (TPSA) is 47.9 Å². The zero-order valence-electron chi connectivity index (χ0n) is 16.6. The molecular formula is C20H36O4Si. The molecule has 0 spiro atoms. The van der Waals surface area contributed by atoms with Gasteiger partial charge in [-0.25, -0.2) is 0 Å². The highest BCUT2D eigenvalue weighted by Crippen LogP contribution is 2.38. The van der Waals surface area contributed by atoms with E-state index in [1.165, 1.54) is 24.8 Å². The fourth-order valence-electron chi connectivity index (χ4n) is 3.05. The third-order valence-corrected chi connectivity index (χ3v) is 10.3. The van der Waals surface area contributed by atoms with E-state index < -0.39 is 14.4 Å². The van der Waals surface area contributed by atoms with Crippen LogP contribution in [0.3, 0.4) is 0 Å². The van der Waals surface area contributed by atoms with Crippen molar-refractivity contribution >= 4 is 8.32 Å². The van der Waals surface area contributed by atoms with Crippen LogP contribution in [0.5, 0.6) is 0 Å². The Morgan fingerprint density at radius 3 is 2.44 bits per heavy atom. The minimum atomic E-state index is -1.87. The van der Waals surface area contributed by atoms with Gasteiger partial charge in [-0.1, -0.05) is 33.3 Å². The van der Waals surface area contributed by atoms with Gasteiger partial charge in [0.25, 0.3) is 5.95 Å². The van der Waals surface area contributed by atoms with Crippen molar-refractivity contribution in [3.63, 3.8) is 0 Å². The highest BCUT2D eigenvalue weighted by Gasteiger charge is 2.43. The van der Waals surface area contributed by atoms with E-state index in [2.05, 4.69) is 40.4 Å². The molecule has 0 radical (unpaired) electrons. The lowest BCUT2D eigenvalue weighted by Crippen LogP contribution is -2.45. The summed E-state index contributed by atoms with van der Waals surface area (Å²) >= 11 is 0. The summed E-state index contributed by atoms with van der Waals surface area (Å²) in [6.45, 7) is 15.3. The van der Waals surface area contributed by atoms with Gasteiger partial charge in [0, 0.05) is 5.57 Å². The van der Waals surface area contributed by atoms with Crippen LogP contribution in [0.25, 0.3) is 0 Å². The van der Waals surface area contributed by atoms with E-state index in [9.17, 15) is 5.11 Å². The standard InChI is InChI=1S/C20H36O4Si/c1-7-11-16(21)18-17(14-22-25(5,6)20(2,3)4)23-19(24-18)15-12-9-8-10-13-15/h7,16-18,21H,1,8-14H2,2-6H3/t16-,17-,18+/m0/s1. The molecule has 2 rings (SSSR count). The van der Waals surface area contributed by atoms with Crippen molar-refractivity contribution in [1.29, 1.82) is 0 Å². The summed E-state index contributed by atoms with van der Waals surface area (Å²) in [5.74, 6) is 0.650. The fourth-order valence-corrected chi connectivity index (χ4v) is 4.06. The molecule has 2 aliphatic rings. The molecule has 1 saturated carbocycles. The summed E-state index contributed by atoms with van der Waals surface area (Å²) in [7, 11) is -1.87. The lowest BCUT2D eigenvalue weighted by Gasteiger charge is -2.37. The van der Waals surface area contributed by atoms with Gasteiger partial charge in [-0.3, -0.25) is 0 Å². The second-order valence-electron chi connectivity index (χ2n) is 8.85. The maximum Gasteiger partial charge on any atom is 0.279 e. The molecule has 1 N–H and O–H groups in total. The van der Waals surface area contributed by atoms with E-state index in [1.54, 1.807) is 6.08 Å². The number of aliphatic hydroxyl groups is 1. The molecule has 1 saturated heterocycles. The van der Waals surface area contributed by atoms with Crippen LogP contribution >= 0.6 is 0 Å². The van der Waals surface area contributed by atoms with Crippen LogP contribution in [0, 0.1) is 0 Å². The van der Waals surface area contributed by atoms with Crippen molar-refractivity contribution in [3.8, 4) is 0 Å². The normalized spacial score (nSPS) is 26.2. The fraction of sp³-hybridized carbons (Fsp3) is 0.800. The molecule has 0 unspecified atom stereocenters. The van der Waals surface area contributed by atoms with Crippen LogP contribution in [0.4, 0.5) is 0 Å². The van der Waals surface area contributed by atoms with Crippen molar-refractivity contribution in [2.24, 2.45) is 0 Å². The van der Waals surface area contributed by atoms with Gasteiger partial charge in [0.1, 0.15) is 0 Å². The maximum absolute atomic E-state index is 10.5. The molecule has 4 nitrogen and oxygen atoms in total.